The number of rotatable bonds is 5. The molecule has 6 heteroatoms. The Balaban J connectivity index is 1.98. The molecule has 0 aliphatic rings. The van der Waals surface area contributed by atoms with Crippen LogP contribution in [0.1, 0.15) is 32.9 Å². The van der Waals surface area contributed by atoms with Crippen LogP contribution in [0.4, 0.5) is 0 Å². The van der Waals surface area contributed by atoms with Crippen molar-refractivity contribution in [2.24, 2.45) is 5.73 Å². The molecule has 0 atom stereocenters. The van der Waals surface area contributed by atoms with Crippen LogP contribution in [0.2, 0.25) is 0 Å². The highest BCUT2D eigenvalue weighted by Gasteiger charge is 2.17. The maximum Gasteiger partial charge on any atom is 0.265 e. The SMILES string of the molecule is C=Cc1ncn(-c2cccc(-c3ccc(C(N)=O)c4[nH]c(C)cc34)c2C)c(=O)c1C=C. The van der Waals surface area contributed by atoms with Crippen molar-refractivity contribution in [3.8, 4) is 16.8 Å². The Morgan fingerprint density at radius 2 is 1.90 bits per heavy atom. The van der Waals surface area contributed by atoms with Crippen molar-refractivity contribution in [3.05, 3.63) is 94.3 Å². The van der Waals surface area contributed by atoms with Crippen LogP contribution in [-0.4, -0.2) is 20.4 Å². The number of primary amides is 1. The summed E-state index contributed by atoms with van der Waals surface area (Å²) in [6, 6.07) is 11.4. The van der Waals surface area contributed by atoms with E-state index in [1.54, 1.807) is 6.07 Å². The van der Waals surface area contributed by atoms with Crippen molar-refractivity contribution < 1.29 is 4.79 Å². The van der Waals surface area contributed by atoms with E-state index in [4.69, 9.17) is 5.73 Å². The van der Waals surface area contributed by atoms with Gasteiger partial charge in [-0.2, -0.15) is 0 Å². The molecular weight excluding hydrogens is 388 g/mol. The standard InChI is InChI=1S/C25H22N4O2/c1-5-16-21(6-2)27-13-29(25(16)31)22-9-7-8-17(15(22)4)18-10-11-19(24(26)30)23-20(18)12-14(3)28-23/h5-13,28H,1-2H2,3-4H3,(H2,26,30). The molecule has 31 heavy (non-hydrogen) atoms. The summed E-state index contributed by atoms with van der Waals surface area (Å²) in [7, 11) is 0. The third-order valence-corrected chi connectivity index (χ3v) is 5.48. The molecule has 1 amide bonds. The second kappa shape index (κ2) is 7.57. The Kier molecular flexibility index (Phi) is 4.91. The van der Waals surface area contributed by atoms with Crippen LogP contribution in [0.15, 0.2) is 60.7 Å². The van der Waals surface area contributed by atoms with Gasteiger partial charge in [-0.05, 0) is 54.8 Å². The number of aromatic amines is 1. The second-order valence-corrected chi connectivity index (χ2v) is 7.34. The van der Waals surface area contributed by atoms with Crippen molar-refractivity contribution >= 4 is 29.0 Å². The molecule has 0 saturated heterocycles. The number of nitrogens with one attached hydrogen (secondary N) is 1. The second-order valence-electron chi connectivity index (χ2n) is 7.34. The molecule has 0 fully saturated rings. The summed E-state index contributed by atoms with van der Waals surface area (Å²) >= 11 is 0. The summed E-state index contributed by atoms with van der Waals surface area (Å²) in [5.74, 6) is -0.485. The number of amides is 1. The van der Waals surface area contributed by atoms with Crippen molar-refractivity contribution in [3.63, 3.8) is 0 Å². The molecule has 4 aromatic rings. The highest BCUT2D eigenvalue weighted by Crippen LogP contribution is 2.34. The maximum atomic E-state index is 13.1. The first-order valence-corrected chi connectivity index (χ1v) is 9.76. The fourth-order valence-corrected chi connectivity index (χ4v) is 3.98. The average Bonchev–Trinajstić information content (AvgIpc) is 3.14. The lowest BCUT2D eigenvalue weighted by atomic mass is 9.94. The van der Waals surface area contributed by atoms with Gasteiger partial charge < -0.3 is 10.7 Å². The van der Waals surface area contributed by atoms with Gasteiger partial charge in [0.25, 0.3) is 11.5 Å². The number of carbonyl (C=O) groups is 1. The van der Waals surface area contributed by atoms with E-state index < -0.39 is 5.91 Å². The summed E-state index contributed by atoms with van der Waals surface area (Å²) < 4.78 is 1.51. The van der Waals surface area contributed by atoms with Gasteiger partial charge in [0.2, 0.25) is 0 Å². The van der Waals surface area contributed by atoms with Crippen LogP contribution >= 0.6 is 0 Å². The minimum atomic E-state index is -0.485. The van der Waals surface area contributed by atoms with Crippen molar-refractivity contribution in [1.82, 2.24) is 14.5 Å². The van der Waals surface area contributed by atoms with Crippen molar-refractivity contribution in [2.45, 2.75) is 13.8 Å². The lowest BCUT2D eigenvalue weighted by Crippen LogP contribution is -2.23. The zero-order chi connectivity index (χ0) is 22.3. The number of nitrogens with zero attached hydrogens (tertiary/aromatic N) is 2. The zero-order valence-corrected chi connectivity index (χ0v) is 17.4. The summed E-state index contributed by atoms with van der Waals surface area (Å²) in [5, 5.41) is 0.897. The molecule has 2 aromatic carbocycles. The van der Waals surface area contributed by atoms with Gasteiger partial charge in [0.1, 0.15) is 6.33 Å². The predicted molar refractivity (Wildman–Crippen MR) is 125 cm³/mol. The number of H-pyrrole nitrogens is 1. The first kappa shape index (κ1) is 20.1. The van der Waals surface area contributed by atoms with E-state index in [2.05, 4.69) is 23.1 Å². The molecule has 0 unspecified atom stereocenters. The van der Waals surface area contributed by atoms with Crippen LogP contribution in [0, 0.1) is 13.8 Å². The summed E-state index contributed by atoms with van der Waals surface area (Å²) in [6.07, 6.45) is 4.54. The normalized spacial score (nSPS) is 10.9. The first-order valence-electron chi connectivity index (χ1n) is 9.76. The van der Waals surface area contributed by atoms with E-state index >= 15 is 0 Å². The molecule has 154 valence electrons. The third-order valence-electron chi connectivity index (χ3n) is 5.48. The minimum absolute atomic E-state index is 0.216. The maximum absolute atomic E-state index is 13.1. The molecule has 2 heterocycles. The van der Waals surface area contributed by atoms with E-state index in [1.807, 2.05) is 44.2 Å². The Bertz CT molecular complexity index is 1440. The number of nitrogens with two attached hydrogens (primary N) is 1. The fraction of sp³-hybridized carbons (Fsp3) is 0.0800. The number of hydrogen-bond donors (Lipinski definition) is 2. The molecule has 6 nitrogen and oxygen atoms in total. The number of hydrogen-bond acceptors (Lipinski definition) is 3. The van der Waals surface area contributed by atoms with E-state index in [-0.39, 0.29) is 5.56 Å². The minimum Gasteiger partial charge on any atom is -0.366 e. The Hall–Kier alpha value is -4.19. The molecule has 0 saturated carbocycles. The van der Waals surface area contributed by atoms with E-state index in [0.717, 1.165) is 27.8 Å². The average molecular weight is 410 g/mol. The first-order chi connectivity index (χ1) is 14.9. The van der Waals surface area contributed by atoms with Crippen LogP contribution < -0.4 is 11.3 Å². The highest BCUT2D eigenvalue weighted by molar-refractivity contribution is 6.09. The molecule has 0 aliphatic heterocycles. The predicted octanol–water partition coefficient (Wildman–Crippen LogP) is 4.38. The van der Waals surface area contributed by atoms with Crippen molar-refractivity contribution in [1.29, 1.82) is 0 Å². The Morgan fingerprint density at radius 3 is 2.58 bits per heavy atom. The van der Waals surface area contributed by atoms with Gasteiger partial charge in [-0.25, -0.2) is 4.98 Å². The number of aryl methyl sites for hydroxylation is 1. The quantitative estimate of drug-likeness (QED) is 0.511. The lowest BCUT2D eigenvalue weighted by molar-refractivity contribution is 0.100. The monoisotopic (exact) mass is 410 g/mol. The molecule has 0 radical (unpaired) electrons. The summed E-state index contributed by atoms with van der Waals surface area (Å²) in [4.78, 5) is 32.5. The van der Waals surface area contributed by atoms with Gasteiger partial charge >= 0.3 is 0 Å². The van der Waals surface area contributed by atoms with Crippen LogP contribution in [0.25, 0.3) is 39.9 Å². The highest BCUT2D eigenvalue weighted by atomic mass is 16.1. The Labute approximate surface area is 179 Å². The molecule has 0 bridgehead atoms. The number of carbonyl (C=O) groups excluding carboxylic acids is 1. The molecule has 4 rings (SSSR count). The zero-order valence-electron chi connectivity index (χ0n) is 17.4. The van der Waals surface area contributed by atoms with Crippen molar-refractivity contribution in [2.75, 3.05) is 0 Å². The number of fused-ring (bicyclic) bond motifs is 1. The van der Waals surface area contributed by atoms with E-state index in [9.17, 15) is 9.59 Å². The third kappa shape index (κ3) is 3.18. The smallest absolute Gasteiger partial charge is 0.265 e. The summed E-state index contributed by atoms with van der Waals surface area (Å²) in [6.45, 7) is 11.3. The van der Waals surface area contributed by atoms with E-state index in [1.165, 1.54) is 23.0 Å². The van der Waals surface area contributed by atoms with Gasteiger partial charge in [0, 0.05) is 11.1 Å². The number of aromatic nitrogens is 3. The molecule has 0 spiro atoms. The van der Waals surface area contributed by atoms with Crippen LogP contribution in [0.5, 0.6) is 0 Å². The van der Waals surface area contributed by atoms with Gasteiger partial charge in [-0.1, -0.05) is 37.4 Å². The van der Waals surface area contributed by atoms with Crippen LogP contribution in [0.3, 0.4) is 0 Å². The van der Waals surface area contributed by atoms with E-state index in [0.29, 0.717) is 28.0 Å². The molecule has 2 aromatic heterocycles. The summed E-state index contributed by atoms with van der Waals surface area (Å²) in [5.41, 5.74) is 11.8. The number of benzene rings is 2. The van der Waals surface area contributed by atoms with Gasteiger partial charge in [-0.15, -0.1) is 0 Å². The topological polar surface area (TPSA) is 93.8 Å². The molecule has 3 N–H and O–H groups in total. The lowest BCUT2D eigenvalue weighted by Gasteiger charge is -2.15. The Morgan fingerprint density at radius 1 is 1.13 bits per heavy atom. The van der Waals surface area contributed by atoms with Crippen LogP contribution in [-0.2, 0) is 0 Å². The molecule has 0 aliphatic carbocycles. The largest absolute Gasteiger partial charge is 0.366 e. The fourth-order valence-electron chi connectivity index (χ4n) is 3.98. The van der Waals surface area contributed by atoms with Gasteiger partial charge in [-0.3, -0.25) is 14.2 Å². The molecular formula is C25H22N4O2. The van der Waals surface area contributed by atoms with Gasteiger partial charge in [0.15, 0.2) is 0 Å². The van der Waals surface area contributed by atoms with Gasteiger partial charge in [0.05, 0.1) is 28.0 Å².